The molecule has 26 heavy (non-hydrogen) atoms. The van der Waals surface area contributed by atoms with E-state index < -0.39 is 0 Å². The molecule has 2 atom stereocenters. The standard InChI is InChI=1S/C24H24N2/c1-26-23(19-11-5-2-6-12-19)17-22(25-21-15-9-4-10-16-21)18-24(26)20-13-7-3-8-14-20/h2-16,23-24H,17-18H2,1H3/t23-,24-/m1/s1. The van der Waals surface area contributed by atoms with Crippen LogP contribution in [0.1, 0.15) is 36.1 Å². The van der Waals surface area contributed by atoms with Gasteiger partial charge in [0.25, 0.3) is 0 Å². The Labute approximate surface area is 155 Å². The molecule has 1 heterocycles. The molecular formula is C24H24N2. The summed E-state index contributed by atoms with van der Waals surface area (Å²) < 4.78 is 0. The van der Waals surface area contributed by atoms with E-state index in [1.54, 1.807) is 0 Å². The summed E-state index contributed by atoms with van der Waals surface area (Å²) in [6.45, 7) is 0. The summed E-state index contributed by atoms with van der Waals surface area (Å²) >= 11 is 0. The van der Waals surface area contributed by atoms with Crippen molar-refractivity contribution in [2.45, 2.75) is 24.9 Å². The number of rotatable bonds is 3. The van der Waals surface area contributed by atoms with Gasteiger partial charge < -0.3 is 0 Å². The SMILES string of the molecule is CN1[C@@H](c2ccccc2)CC(=Nc2ccccc2)C[C@@H]1c1ccccc1. The van der Waals surface area contributed by atoms with Crippen LogP contribution in [0.4, 0.5) is 5.69 Å². The van der Waals surface area contributed by atoms with Gasteiger partial charge in [0.15, 0.2) is 0 Å². The second-order valence-electron chi connectivity index (χ2n) is 6.94. The van der Waals surface area contributed by atoms with E-state index in [0.717, 1.165) is 18.5 Å². The first-order valence-corrected chi connectivity index (χ1v) is 9.24. The molecule has 0 bridgehead atoms. The molecule has 1 saturated heterocycles. The molecule has 3 aromatic rings. The highest BCUT2D eigenvalue weighted by Crippen LogP contribution is 2.39. The van der Waals surface area contributed by atoms with E-state index in [1.165, 1.54) is 16.8 Å². The van der Waals surface area contributed by atoms with Gasteiger partial charge in [0.1, 0.15) is 0 Å². The number of piperidine rings is 1. The second kappa shape index (κ2) is 7.67. The number of nitrogens with zero attached hydrogens (tertiary/aromatic N) is 2. The van der Waals surface area contributed by atoms with Gasteiger partial charge in [-0.2, -0.15) is 0 Å². The van der Waals surface area contributed by atoms with Crippen LogP contribution in [0.25, 0.3) is 0 Å². The lowest BCUT2D eigenvalue weighted by Gasteiger charge is -2.41. The number of hydrogen-bond acceptors (Lipinski definition) is 2. The monoisotopic (exact) mass is 340 g/mol. The third-order valence-electron chi connectivity index (χ3n) is 5.25. The van der Waals surface area contributed by atoms with Crippen LogP contribution in [0, 0.1) is 0 Å². The van der Waals surface area contributed by atoms with E-state index in [-0.39, 0.29) is 0 Å². The Balaban J connectivity index is 1.72. The molecule has 0 aromatic heterocycles. The number of hydrogen-bond donors (Lipinski definition) is 0. The third-order valence-corrected chi connectivity index (χ3v) is 5.25. The van der Waals surface area contributed by atoms with Gasteiger partial charge in [0, 0.05) is 30.6 Å². The molecule has 0 aliphatic carbocycles. The Morgan fingerprint density at radius 1 is 0.654 bits per heavy atom. The molecule has 0 amide bonds. The highest BCUT2D eigenvalue weighted by atomic mass is 15.2. The van der Waals surface area contributed by atoms with Gasteiger partial charge in [-0.15, -0.1) is 0 Å². The average Bonchev–Trinajstić information content (AvgIpc) is 2.71. The normalized spacial score (nSPS) is 20.7. The van der Waals surface area contributed by atoms with Gasteiger partial charge in [0.05, 0.1) is 5.69 Å². The molecule has 0 saturated carbocycles. The molecule has 2 nitrogen and oxygen atoms in total. The lowest BCUT2D eigenvalue weighted by Crippen LogP contribution is -2.37. The maximum atomic E-state index is 4.99. The minimum Gasteiger partial charge on any atom is -0.292 e. The van der Waals surface area contributed by atoms with E-state index >= 15 is 0 Å². The summed E-state index contributed by atoms with van der Waals surface area (Å²) in [6.07, 6.45) is 1.94. The molecule has 1 aliphatic heterocycles. The molecule has 1 fully saturated rings. The van der Waals surface area contributed by atoms with Crippen molar-refractivity contribution in [3.8, 4) is 0 Å². The van der Waals surface area contributed by atoms with Crippen molar-refractivity contribution in [2.75, 3.05) is 7.05 Å². The number of aliphatic imine (C=N–C) groups is 1. The van der Waals surface area contributed by atoms with E-state index in [0.29, 0.717) is 12.1 Å². The van der Waals surface area contributed by atoms with Crippen LogP contribution in [0.5, 0.6) is 0 Å². The van der Waals surface area contributed by atoms with Gasteiger partial charge in [0.2, 0.25) is 0 Å². The molecule has 0 N–H and O–H groups in total. The van der Waals surface area contributed by atoms with Gasteiger partial charge in [-0.05, 0) is 30.3 Å². The predicted octanol–water partition coefficient (Wildman–Crippen LogP) is 5.97. The molecule has 2 heteroatoms. The largest absolute Gasteiger partial charge is 0.292 e. The van der Waals surface area contributed by atoms with Gasteiger partial charge in [-0.3, -0.25) is 9.89 Å². The average molecular weight is 340 g/mol. The van der Waals surface area contributed by atoms with E-state index in [9.17, 15) is 0 Å². The highest BCUT2D eigenvalue weighted by Gasteiger charge is 2.32. The number of benzene rings is 3. The van der Waals surface area contributed by atoms with Crippen LogP contribution in [0.2, 0.25) is 0 Å². The molecule has 4 rings (SSSR count). The quantitative estimate of drug-likeness (QED) is 0.574. The zero-order valence-corrected chi connectivity index (χ0v) is 15.1. The number of para-hydroxylation sites is 1. The minimum atomic E-state index is 0.345. The Hall–Kier alpha value is -2.71. The van der Waals surface area contributed by atoms with Crippen LogP contribution in [0.3, 0.4) is 0 Å². The maximum absolute atomic E-state index is 4.99. The highest BCUT2D eigenvalue weighted by molar-refractivity contribution is 5.89. The summed E-state index contributed by atoms with van der Waals surface area (Å²) in [4.78, 5) is 7.50. The Kier molecular flexibility index (Phi) is 4.94. The lowest BCUT2D eigenvalue weighted by atomic mass is 9.87. The zero-order valence-electron chi connectivity index (χ0n) is 15.1. The molecule has 3 aromatic carbocycles. The van der Waals surface area contributed by atoms with Crippen molar-refractivity contribution in [3.05, 3.63) is 102 Å². The Morgan fingerprint density at radius 2 is 1.08 bits per heavy atom. The zero-order chi connectivity index (χ0) is 17.8. The second-order valence-corrected chi connectivity index (χ2v) is 6.94. The minimum absolute atomic E-state index is 0.345. The molecule has 130 valence electrons. The van der Waals surface area contributed by atoms with Crippen LogP contribution in [-0.4, -0.2) is 17.7 Å². The lowest BCUT2D eigenvalue weighted by molar-refractivity contribution is 0.163. The summed E-state index contributed by atoms with van der Waals surface area (Å²) in [5, 5.41) is 0. The summed E-state index contributed by atoms with van der Waals surface area (Å²) in [5.74, 6) is 0. The Morgan fingerprint density at radius 3 is 1.54 bits per heavy atom. The summed E-state index contributed by atoms with van der Waals surface area (Å²) in [7, 11) is 2.24. The van der Waals surface area contributed by atoms with E-state index in [2.05, 4.69) is 96.9 Å². The van der Waals surface area contributed by atoms with Crippen LogP contribution >= 0.6 is 0 Å². The first-order valence-electron chi connectivity index (χ1n) is 9.24. The van der Waals surface area contributed by atoms with Crippen LogP contribution in [0.15, 0.2) is 96.0 Å². The van der Waals surface area contributed by atoms with E-state index in [4.69, 9.17) is 4.99 Å². The van der Waals surface area contributed by atoms with E-state index in [1.807, 2.05) is 6.07 Å². The van der Waals surface area contributed by atoms with Gasteiger partial charge in [-0.25, -0.2) is 0 Å². The predicted molar refractivity (Wildman–Crippen MR) is 109 cm³/mol. The van der Waals surface area contributed by atoms with Gasteiger partial charge >= 0.3 is 0 Å². The first kappa shape index (κ1) is 16.7. The smallest absolute Gasteiger partial charge is 0.0629 e. The fraction of sp³-hybridized carbons (Fsp3) is 0.208. The van der Waals surface area contributed by atoms with Crippen molar-refractivity contribution in [1.29, 1.82) is 0 Å². The summed E-state index contributed by atoms with van der Waals surface area (Å²) in [5.41, 5.74) is 5.04. The molecule has 0 radical (unpaired) electrons. The van der Waals surface area contributed by atoms with Crippen LogP contribution in [-0.2, 0) is 0 Å². The van der Waals surface area contributed by atoms with Gasteiger partial charge in [-0.1, -0.05) is 78.9 Å². The molecule has 0 spiro atoms. The van der Waals surface area contributed by atoms with Crippen LogP contribution < -0.4 is 0 Å². The van der Waals surface area contributed by atoms with Crippen molar-refractivity contribution < 1.29 is 0 Å². The fourth-order valence-corrected chi connectivity index (χ4v) is 3.87. The van der Waals surface area contributed by atoms with Crippen molar-refractivity contribution in [3.63, 3.8) is 0 Å². The summed E-state index contributed by atoms with van der Waals surface area (Å²) in [6, 6.07) is 32.6. The van der Waals surface area contributed by atoms with Crippen molar-refractivity contribution >= 4 is 11.4 Å². The maximum Gasteiger partial charge on any atom is 0.0629 e. The number of likely N-dealkylation sites (tertiary alicyclic amines) is 1. The third kappa shape index (κ3) is 3.61. The molecule has 0 unspecified atom stereocenters. The topological polar surface area (TPSA) is 15.6 Å². The first-order chi connectivity index (χ1) is 12.8. The van der Waals surface area contributed by atoms with Crippen molar-refractivity contribution in [1.82, 2.24) is 4.90 Å². The Bertz CT molecular complexity index is 805. The fourth-order valence-electron chi connectivity index (χ4n) is 3.87. The van der Waals surface area contributed by atoms with Crippen molar-refractivity contribution in [2.24, 2.45) is 4.99 Å². The molecular weight excluding hydrogens is 316 g/mol. The molecule has 1 aliphatic rings.